The molecule has 3 nitrogen and oxygen atoms in total. The monoisotopic (exact) mass is 167 g/mol. The molecule has 0 unspecified atom stereocenters. The second kappa shape index (κ2) is 4.74. The molecule has 0 aliphatic heterocycles. The number of hydrogen-bond acceptors (Lipinski definition) is 3. The van der Waals surface area contributed by atoms with Gasteiger partial charge in [0, 0.05) is 0 Å². The van der Waals surface area contributed by atoms with E-state index in [4.69, 9.17) is 9.94 Å². The summed E-state index contributed by atoms with van der Waals surface area (Å²) in [6, 6.07) is 9.54. The van der Waals surface area contributed by atoms with Crippen molar-refractivity contribution in [3.05, 3.63) is 30.3 Å². The van der Waals surface area contributed by atoms with Crippen LogP contribution in [0.25, 0.3) is 0 Å². The zero-order valence-corrected chi connectivity index (χ0v) is 7.03. The molecule has 0 fully saturated rings. The van der Waals surface area contributed by atoms with Crippen molar-refractivity contribution in [1.82, 2.24) is 0 Å². The molecule has 0 amide bonds. The van der Waals surface area contributed by atoms with Gasteiger partial charge >= 0.3 is 0 Å². The Morgan fingerprint density at radius 1 is 1.42 bits per heavy atom. The van der Waals surface area contributed by atoms with E-state index in [1.807, 2.05) is 30.3 Å². The number of benzene rings is 1. The van der Waals surface area contributed by atoms with Crippen LogP contribution in [0.5, 0.6) is 0 Å². The molecule has 0 bridgehead atoms. The van der Waals surface area contributed by atoms with Crippen LogP contribution in [0, 0.1) is 0 Å². The van der Waals surface area contributed by atoms with Crippen LogP contribution < -0.4 is 5.48 Å². The van der Waals surface area contributed by atoms with Gasteiger partial charge in [-0.15, -0.1) is 0 Å². The fourth-order valence-corrected chi connectivity index (χ4v) is 0.712. The highest BCUT2D eigenvalue weighted by Gasteiger charge is 1.98. The predicted molar refractivity (Wildman–Crippen MR) is 47.7 cm³/mol. The van der Waals surface area contributed by atoms with Gasteiger partial charge in [-0.2, -0.15) is 0 Å². The number of aliphatic hydroxyl groups excluding tert-OH is 1. The minimum Gasteiger partial charge on any atom is -0.394 e. The van der Waals surface area contributed by atoms with Crippen molar-refractivity contribution >= 4 is 5.69 Å². The summed E-state index contributed by atoms with van der Waals surface area (Å²) in [6.45, 7) is 1.80. The van der Waals surface area contributed by atoms with E-state index in [0.29, 0.717) is 0 Å². The van der Waals surface area contributed by atoms with Gasteiger partial charge in [-0.1, -0.05) is 18.2 Å². The molecule has 0 saturated heterocycles. The summed E-state index contributed by atoms with van der Waals surface area (Å²) in [4.78, 5) is 5.08. The Bertz CT molecular complexity index is 213. The van der Waals surface area contributed by atoms with Gasteiger partial charge in [0.15, 0.2) is 0 Å². The van der Waals surface area contributed by atoms with Crippen molar-refractivity contribution in [3.63, 3.8) is 0 Å². The molecule has 2 N–H and O–H groups in total. The molecule has 0 radical (unpaired) electrons. The predicted octanol–water partition coefficient (Wildman–Crippen LogP) is 1.41. The maximum atomic E-state index is 8.65. The zero-order valence-electron chi connectivity index (χ0n) is 7.03. The molecule has 0 spiro atoms. The van der Waals surface area contributed by atoms with Crippen molar-refractivity contribution in [2.45, 2.75) is 13.0 Å². The van der Waals surface area contributed by atoms with Crippen LogP contribution in [0.3, 0.4) is 0 Å². The Hall–Kier alpha value is -1.06. The number of anilines is 1. The molecule has 12 heavy (non-hydrogen) atoms. The van der Waals surface area contributed by atoms with Gasteiger partial charge in [0.05, 0.1) is 12.3 Å². The largest absolute Gasteiger partial charge is 0.394 e. The Kier molecular flexibility index (Phi) is 3.57. The third-order valence-corrected chi connectivity index (χ3v) is 1.41. The summed E-state index contributed by atoms with van der Waals surface area (Å²) in [5.74, 6) is 0. The summed E-state index contributed by atoms with van der Waals surface area (Å²) in [5.41, 5.74) is 3.62. The topological polar surface area (TPSA) is 41.5 Å². The van der Waals surface area contributed by atoms with E-state index in [0.717, 1.165) is 5.69 Å². The van der Waals surface area contributed by atoms with Gasteiger partial charge in [-0.3, -0.25) is 10.3 Å². The maximum Gasteiger partial charge on any atom is 0.106 e. The lowest BCUT2D eigenvalue weighted by atomic mass is 10.3. The van der Waals surface area contributed by atoms with Gasteiger partial charge in [-0.05, 0) is 19.1 Å². The summed E-state index contributed by atoms with van der Waals surface area (Å²) < 4.78 is 0. The molecule has 0 heterocycles. The normalized spacial score (nSPS) is 12.5. The summed E-state index contributed by atoms with van der Waals surface area (Å²) in [7, 11) is 0. The van der Waals surface area contributed by atoms with Crippen molar-refractivity contribution < 1.29 is 9.94 Å². The van der Waals surface area contributed by atoms with Gasteiger partial charge < -0.3 is 5.11 Å². The van der Waals surface area contributed by atoms with Crippen LogP contribution >= 0.6 is 0 Å². The smallest absolute Gasteiger partial charge is 0.106 e. The first-order valence-electron chi connectivity index (χ1n) is 3.90. The first-order valence-corrected chi connectivity index (χ1v) is 3.90. The number of rotatable bonds is 4. The minimum absolute atomic E-state index is 0.0137. The molecule has 1 atom stereocenters. The van der Waals surface area contributed by atoms with E-state index in [1.54, 1.807) is 6.92 Å². The standard InChI is InChI=1S/C9H13NO2/c1-8(7-11)12-10-9-5-3-2-4-6-9/h2-6,8,10-11H,7H2,1H3/t8-/m0/s1. The molecule has 0 aliphatic rings. The van der Waals surface area contributed by atoms with Crippen LogP contribution in [0.4, 0.5) is 5.69 Å². The van der Waals surface area contributed by atoms with Crippen molar-refractivity contribution in [2.75, 3.05) is 12.1 Å². The highest BCUT2D eigenvalue weighted by molar-refractivity contribution is 5.39. The average molecular weight is 167 g/mol. The van der Waals surface area contributed by atoms with Crippen molar-refractivity contribution in [3.8, 4) is 0 Å². The van der Waals surface area contributed by atoms with Crippen LogP contribution in [0.1, 0.15) is 6.92 Å². The molecule has 0 aliphatic carbocycles. The Balaban J connectivity index is 2.33. The summed E-state index contributed by atoms with van der Waals surface area (Å²) in [6.07, 6.45) is -0.190. The van der Waals surface area contributed by atoms with Crippen LogP contribution in [0.2, 0.25) is 0 Å². The fourth-order valence-electron chi connectivity index (χ4n) is 0.712. The second-order valence-electron chi connectivity index (χ2n) is 2.58. The van der Waals surface area contributed by atoms with Gasteiger partial charge in [0.25, 0.3) is 0 Å². The van der Waals surface area contributed by atoms with Crippen LogP contribution in [-0.4, -0.2) is 17.8 Å². The molecule has 0 aromatic heterocycles. The third-order valence-electron chi connectivity index (χ3n) is 1.41. The zero-order chi connectivity index (χ0) is 8.81. The average Bonchev–Trinajstić information content (AvgIpc) is 2.16. The number of hydrogen-bond donors (Lipinski definition) is 2. The van der Waals surface area contributed by atoms with Gasteiger partial charge in [0.2, 0.25) is 0 Å². The number of aliphatic hydroxyl groups is 1. The van der Waals surface area contributed by atoms with E-state index in [2.05, 4.69) is 5.48 Å². The third kappa shape index (κ3) is 2.90. The molecular weight excluding hydrogens is 154 g/mol. The van der Waals surface area contributed by atoms with Crippen LogP contribution in [0.15, 0.2) is 30.3 Å². The van der Waals surface area contributed by atoms with E-state index >= 15 is 0 Å². The molecule has 0 saturated carbocycles. The fraction of sp³-hybridized carbons (Fsp3) is 0.333. The van der Waals surface area contributed by atoms with E-state index in [9.17, 15) is 0 Å². The first kappa shape index (κ1) is 9.03. The first-order chi connectivity index (χ1) is 5.83. The molecule has 1 aromatic carbocycles. The SMILES string of the molecule is C[C@@H](CO)ONc1ccccc1. The lowest BCUT2D eigenvalue weighted by Crippen LogP contribution is -2.16. The lowest BCUT2D eigenvalue weighted by molar-refractivity contribution is 0.0603. The highest BCUT2D eigenvalue weighted by Crippen LogP contribution is 2.05. The quantitative estimate of drug-likeness (QED) is 0.666. The second-order valence-corrected chi connectivity index (χ2v) is 2.58. The Morgan fingerprint density at radius 3 is 2.67 bits per heavy atom. The molecule has 66 valence electrons. The maximum absolute atomic E-state index is 8.65. The molecule has 1 aromatic rings. The van der Waals surface area contributed by atoms with Crippen molar-refractivity contribution in [2.24, 2.45) is 0 Å². The molecular formula is C9H13NO2. The van der Waals surface area contributed by atoms with Gasteiger partial charge in [0.1, 0.15) is 6.10 Å². The number of nitrogens with one attached hydrogen (secondary N) is 1. The van der Waals surface area contributed by atoms with Crippen LogP contribution in [-0.2, 0) is 4.84 Å². The number of para-hydroxylation sites is 1. The van der Waals surface area contributed by atoms with Gasteiger partial charge in [-0.25, -0.2) is 0 Å². The molecule has 1 rings (SSSR count). The molecule has 3 heteroatoms. The highest BCUT2D eigenvalue weighted by atomic mass is 16.7. The summed E-state index contributed by atoms with van der Waals surface area (Å²) in [5, 5.41) is 8.65. The summed E-state index contributed by atoms with van der Waals surface area (Å²) >= 11 is 0. The van der Waals surface area contributed by atoms with E-state index < -0.39 is 0 Å². The van der Waals surface area contributed by atoms with E-state index in [-0.39, 0.29) is 12.7 Å². The lowest BCUT2D eigenvalue weighted by Gasteiger charge is -2.10. The Labute approximate surface area is 71.9 Å². The van der Waals surface area contributed by atoms with Crippen molar-refractivity contribution in [1.29, 1.82) is 0 Å². The van der Waals surface area contributed by atoms with E-state index in [1.165, 1.54) is 0 Å². The Morgan fingerprint density at radius 2 is 2.08 bits per heavy atom. The minimum atomic E-state index is -0.190.